The minimum atomic E-state index is -0.127. The summed E-state index contributed by atoms with van der Waals surface area (Å²) in [6.45, 7) is 2.56. The molecule has 0 atom stereocenters. The van der Waals surface area contributed by atoms with Gasteiger partial charge in [0.25, 0.3) is 0 Å². The van der Waals surface area contributed by atoms with Crippen molar-refractivity contribution in [1.82, 2.24) is 24.2 Å². The number of hydrogen-bond donors (Lipinski definition) is 0. The van der Waals surface area contributed by atoms with E-state index in [1.165, 1.54) is 19.3 Å². The summed E-state index contributed by atoms with van der Waals surface area (Å²) >= 11 is 0. The maximum atomic E-state index is 13.0. The van der Waals surface area contributed by atoms with Crippen molar-refractivity contribution in [1.29, 1.82) is 0 Å². The number of piperidine rings is 1. The Bertz CT molecular complexity index is 879. The first kappa shape index (κ1) is 15.8. The smallest absolute Gasteiger partial charge is 0.284 e. The zero-order valence-electron chi connectivity index (χ0n) is 14.1. The average molecular weight is 335 g/mol. The normalized spacial score (nSPS) is 15.4. The van der Waals surface area contributed by atoms with Gasteiger partial charge in [0.05, 0.1) is 12.4 Å². The molecule has 1 aliphatic rings. The molecule has 0 saturated carbocycles. The van der Waals surface area contributed by atoms with E-state index in [2.05, 4.69) is 15.0 Å². The molecule has 0 spiro atoms. The van der Waals surface area contributed by atoms with E-state index in [9.17, 15) is 4.79 Å². The molecule has 0 aliphatic carbocycles. The van der Waals surface area contributed by atoms with E-state index in [-0.39, 0.29) is 5.69 Å². The SMILES string of the molecule is O=c1n(CN2CCCCC2)nc(-c2ccccn2)n1-c1ccccc1. The Hall–Kier alpha value is -2.73. The number of benzene rings is 1. The Morgan fingerprint density at radius 3 is 2.40 bits per heavy atom. The highest BCUT2D eigenvalue weighted by Gasteiger charge is 2.19. The molecule has 2 aromatic heterocycles. The van der Waals surface area contributed by atoms with Gasteiger partial charge in [-0.25, -0.2) is 9.36 Å². The van der Waals surface area contributed by atoms with Crippen LogP contribution in [0.15, 0.2) is 59.5 Å². The van der Waals surface area contributed by atoms with Gasteiger partial charge in [0.1, 0.15) is 5.69 Å². The summed E-state index contributed by atoms with van der Waals surface area (Å²) in [6.07, 6.45) is 5.35. The van der Waals surface area contributed by atoms with E-state index in [1.807, 2.05) is 48.5 Å². The molecule has 0 N–H and O–H groups in total. The molecule has 3 heterocycles. The molecule has 1 aromatic carbocycles. The van der Waals surface area contributed by atoms with Crippen LogP contribution in [0.25, 0.3) is 17.2 Å². The van der Waals surface area contributed by atoms with E-state index >= 15 is 0 Å². The van der Waals surface area contributed by atoms with Crippen LogP contribution in [-0.2, 0) is 6.67 Å². The van der Waals surface area contributed by atoms with Gasteiger partial charge in [-0.2, -0.15) is 4.68 Å². The van der Waals surface area contributed by atoms with Gasteiger partial charge in [-0.05, 0) is 50.2 Å². The highest BCUT2D eigenvalue weighted by molar-refractivity contribution is 5.53. The predicted octanol–water partition coefficient (Wildman–Crippen LogP) is 2.54. The topological polar surface area (TPSA) is 56.0 Å². The molecule has 1 saturated heterocycles. The maximum Gasteiger partial charge on any atom is 0.352 e. The van der Waals surface area contributed by atoms with Crippen molar-refractivity contribution in [2.45, 2.75) is 25.9 Å². The van der Waals surface area contributed by atoms with Crippen LogP contribution >= 0.6 is 0 Å². The number of para-hydroxylation sites is 1. The lowest BCUT2D eigenvalue weighted by Gasteiger charge is -2.25. The summed E-state index contributed by atoms with van der Waals surface area (Å²) in [6, 6.07) is 15.3. The Kier molecular flexibility index (Phi) is 4.43. The predicted molar refractivity (Wildman–Crippen MR) is 96.5 cm³/mol. The molecule has 6 nitrogen and oxygen atoms in total. The van der Waals surface area contributed by atoms with Crippen molar-refractivity contribution in [2.24, 2.45) is 0 Å². The molecule has 25 heavy (non-hydrogen) atoms. The summed E-state index contributed by atoms with van der Waals surface area (Å²) < 4.78 is 3.20. The fourth-order valence-corrected chi connectivity index (χ4v) is 3.26. The first-order chi connectivity index (χ1) is 12.3. The third kappa shape index (κ3) is 3.25. The van der Waals surface area contributed by atoms with Crippen molar-refractivity contribution in [3.05, 3.63) is 65.2 Å². The van der Waals surface area contributed by atoms with Crippen molar-refractivity contribution in [2.75, 3.05) is 13.1 Å². The van der Waals surface area contributed by atoms with Gasteiger partial charge < -0.3 is 0 Å². The van der Waals surface area contributed by atoms with Crippen molar-refractivity contribution in [3.8, 4) is 17.2 Å². The van der Waals surface area contributed by atoms with E-state index in [0.29, 0.717) is 18.2 Å². The van der Waals surface area contributed by atoms with Gasteiger partial charge >= 0.3 is 5.69 Å². The second-order valence-corrected chi connectivity index (χ2v) is 6.31. The first-order valence-electron chi connectivity index (χ1n) is 8.72. The molecular formula is C19H21N5O. The number of pyridine rings is 1. The van der Waals surface area contributed by atoms with Crippen LogP contribution in [0, 0.1) is 0 Å². The molecule has 4 rings (SSSR count). The summed E-state index contributed by atoms with van der Waals surface area (Å²) in [5.74, 6) is 0.578. The summed E-state index contributed by atoms with van der Waals surface area (Å²) in [5, 5.41) is 4.61. The number of hydrogen-bond acceptors (Lipinski definition) is 4. The van der Waals surface area contributed by atoms with Gasteiger partial charge in [-0.3, -0.25) is 9.88 Å². The molecule has 0 amide bonds. The standard InChI is InChI=1S/C19H21N5O/c25-19-23(15-22-13-7-2-8-14-22)21-18(17-11-5-6-12-20-17)24(19)16-9-3-1-4-10-16/h1,3-6,9-12H,2,7-8,13-15H2. The highest BCUT2D eigenvalue weighted by Crippen LogP contribution is 2.17. The van der Waals surface area contributed by atoms with E-state index in [4.69, 9.17) is 0 Å². The van der Waals surface area contributed by atoms with Crippen LogP contribution in [0.5, 0.6) is 0 Å². The number of likely N-dealkylation sites (tertiary alicyclic amines) is 1. The van der Waals surface area contributed by atoms with Gasteiger partial charge in [0, 0.05) is 6.20 Å². The molecule has 0 radical (unpaired) electrons. The fraction of sp³-hybridized carbons (Fsp3) is 0.316. The molecule has 3 aromatic rings. The minimum absolute atomic E-state index is 0.127. The van der Waals surface area contributed by atoms with Crippen LogP contribution in [-0.4, -0.2) is 37.3 Å². The molecule has 1 fully saturated rings. The van der Waals surface area contributed by atoms with Gasteiger partial charge in [-0.15, -0.1) is 5.10 Å². The van der Waals surface area contributed by atoms with Crippen molar-refractivity contribution < 1.29 is 0 Å². The van der Waals surface area contributed by atoms with Crippen LogP contribution in [0.1, 0.15) is 19.3 Å². The Morgan fingerprint density at radius 2 is 1.68 bits per heavy atom. The Labute approximate surface area is 146 Å². The molecule has 1 aliphatic heterocycles. The van der Waals surface area contributed by atoms with Crippen molar-refractivity contribution >= 4 is 0 Å². The second kappa shape index (κ2) is 7.03. The number of aromatic nitrogens is 4. The monoisotopic (exact) mass is 335 g/mol. The summed E-state index contributed by atoms with van der Waals surface area (Å²) in [5.41, 5.74) is 1.37. The third-order valence-corrected chi connectivity index (χ3v) is 4.53. The zero-order valence-corrected chi connectivity index (χ0v) is 14.1. The van der Waals surface area contributed by atoms with Gasteiger partial charge in [0.15, 0.2) is 5.82 Å². The van der Waals surface area contributed by atoms with E-state index < -0.39 is 0 Å². The van der Waals surface area contributed by atoms with Crippen molar-refractivity contribution in [3.63, 3.8) is 0 Å². The van der Waals surface area contributed by atoms with E-state index in [1.54, 1.807) is 15.4 Å². The molecule has 0 bridgehead atoms. The largest absolute Gasteiger partial charge is 0.352 e. The molecule has 6 heteroatoms. The third-order valence-electron chi connectivity index (χ3n) is 4.53. The maximum absolute atomic E-state index is 13.0. The fourth-order valence-electron chi connectivity index (χ4n) is 3.26. The Balaban J connectivity index is 1.79. The van der Waals surface area contributed by atoms with E-state index in [0.717, 1.165) is 18.8 Å². The zero-order chi connectivity index (χ0) is 17.1. The van der Waals surface area contributed by atoms with Crippen LogP contribution < -0.4 is 5.69 Å². The lowest BCUT2D eigenvalue weighted by molar-refractivity contribution is 0.170. The average Bonchev–Trinajstić information content (AvgIpc) is 3.00. The summed E-state index contributed by atoms with van der Waals surface area (Å²) in [7, 11) is 0. The second-order valence-electron chi connectivity index (χ2n) is 6.31. The lowest BCUT2D eigenvalue weighted by atomic mass is 10.1. The lowest BCUT2D eigenvalue weighted by Crippen LogP contribution is -2.36. The molecule has 128 valence electrons. The summed E-state index contributed by atoms with van der Waals surface area (Å²) in [4.78, 5) is 19.7. The number of nitrogens with zero attached hydrogens (tertiary/aromatic N) is 5. The first-order valence-corrected chi connectivity index (χ1v) is 8.72. The Morgan fingerprint density at radius 1 is 0.920 bits per heavy atom. The molecule has 0 unspecified atom stereocenters. The number of rotatable bonds is 4. The minimum Gasteiger partial charge on any atom is -0.284 e. The molecular weight excluding hydrogens is 314 g/mol. The van der Waals surface area contributed by atoms with Crippen LogP contribution in [0.4, 0.5) is 0 Å². The van der Waals surface area contributed by atoms with Gasteiger partial charge in [0.2, 0.25) is 0 Å². The quantitative estimate of drug-likeness (QED) is 0.735. The van der Waals surface area contributed by atoms with Gasteiger partial charge in [-0.1, -0.05) is 30.7 Å². The highest BCUT2D eigenvalue weighted by atomic mass is 16.2. The van der Waals surface area contributed by atoms with Crippen LogP contribution in [0.3, 0.4) is 0 Å². The van der Waals surface area contributed by atoms with Crippen LogP contribution in [0.2, 0.25) is 0 Å².